The molecule has 0 bridgehead atoms. The Labute approximate surface area is 168 Å². The van der Waals surface area contributed by atoms with Gasteiger partial charge in [0.05, 0.1) is 19.9 Å². The fraction of sp³-hybridized carbons (Fsp3) is 0.0833. The zero-order chi connectivity index (χ0) is 19.8. The molecular weight excluding hydrogens is 362 g/mol. The summed E-state index contributed by atoms with van der Waals surface area (Å²) in [6, 6.07) is 26.6. The Morgan fingerprint density at radius 2 is 1.45 bits per heavy atom. The number of aromatic nitrogens is 3. The van der Waals surface area contributed by atoms with Crippen LogP contribution in [-0.4, -0.2) is 29.2 Å². The van der Waals surface area contributed by atoms with E-state index >= 15 is 0 Å². The summed E-state index contributed by atoms with van der Waals surface area (Å²) in [5.41, 5.74) is 4.98. The smallest absolute Gasteiger partial charge is 0.162 e. The van der Waals surface area contributed by atoms with Gasteiger partial charge >= 0.3 is 0 Å². The van der Waals surface area contributed by atoms with Crippen LogP contribution in [0.5, 0.6) is 11.5 Å². The number of benzene rings is 4. The van der Waals surface area contributed by atoms with Crippen LogP contribution in [0.25, 0.3) is 38.6 Å². The highest BCUT2D eigenvalue weighted by Gasteiger charge is 2.16. The first kappa shape index (κ1) is 17.3. The molecule has 5 rings (SSSR count). The predicted molar refractivity (Wildman–Crippen MR) is 115 cm³/mol. The van der Waals surface area contributed by atoms with Crippen molar-refractivity contribution in [3.63, 3.8) is 0 Å². The number of hydrogen-bond acceptors (Lipinski definition) is 4. The maximum absolute atomic E-state index is 5.46. The molecule has 0 aliphatic heterocycles. The van der Waals surface area contributed by atoms with Crippen LogP contribution in [0, 0.1) is 0 Å². The Morgan fingerprint density at radius 1 is 0.724 bits per heavy atom. The van der Waals surface area contributed by atoms with E-state index in [0.717, 1.165) is 38.6 Å². The third-order valence-corrected chi connectivity index (χ3v) is 5.15. The first-order chi connectivity index (χ1) is 14.3. The molecule has 29 heavy (non-hydrogen) atoms. The minimum absolute atomic E-state index is 0.652. The van der Waals surface area contributed by atoms with Gasteiger partial charge in [-0.1, -0.05) is 59.8 Å². The molecule has 0 unspecified atom stereocenters. The van der Waals surface area contributed by atoms with Crippen molar-refractivity contribution in [2.24, 2.45) is 0 Å². The van der Waals surface area contributed by atoms with Gasteiger partial charge in [-0.15, -0.1) is 5.10 Å². The van der Waals surface area contributed by atoms with Crippen molar-refractivity contribution in [2.45, 2.75) is 0 Å². The van der Waals surface area contributed by atoms with Gasteiger partial charge in [0.2, 0.25) is 0 Å². The molecule has 0 fully saturated rings. The van der Waals surface area contributed by atoms with E-state index < -0.39 is 0 Å². The van der Waals surface area contributed by atoms with E-state index in [1.807, 2.05) is 35.0 Å². The number of fused-ring (bicyclic) bond motifs is 3. The number of ether oxygens (including phenoxy) is 2. The first-order valence-electron chi connectivity index (χ1n) is 9.35. The lowest BCUT2D eigenvalue weighted by atomic mass is 9.97. The van der Waals surface area contributed by atoms with Crippen LogP contribution in [0.15, 0.2) is 78.9 Å². The van der Waals surface area contributed by atoms with E-state index in [0.29, 0.717) is 11.5 Å². The van der Waals surface area contributed by atoms with Gasteiger partial charge in [0.1, 0.15) is 11.0 Å². The summed E-state index contributed by atoms with van der Waals surface area (Å²) in [5, 5.41) is 11.2. The number of hydrogen-bond donors (Lipinski definition) is 0. The summed E-state index contributed by atoms with van der Waals surface area (Å²) < 4.78 is 12.7. The molecule has 0 N–H and O–H groups in total. The largest absolute Gasteiger partial charge is 0.493 e. The molecule has 4 aromatic carbocycles. The molecule has 1 aromatic heterocycles. The molecule has 1 heterocycles. The van der Waals surface area contributed by atoms with E-state index in [9.17, 15) is 0 Å². The molecule has 0 saturated carbocycles. The highest BCUT2D eigenvalue weighted by atomic mass is 16.5. The molecule has 5 heteroatoms. The summed E-state index contributed by atoms with van der Waals surface area (Å²) in [6.07, 6.45) is 0. The molecule has 5 nitrogen and oxygen atoms in total. The third kappa shape index (κ3) is 2.79. The molecule has 0 atom stereocenters. The van der Waals surface area contributed by atoms with Crippen molar-refractivity contribution in [1.82, 2.24) is 15.0 Å². The second-order valence-corrected chi connectivity index (χ2v) is 6.74. The average Bonchev–Trinajstić information content (AvgIpc) is 3.23. The number of rotatable bonds is 4. The average molecular weight is 381 g/mol. The van der Waals surface area contributed by atoms with Crippen LogP contribution in [-0.2, 0) is 0 Å². The van der Waals surface area contributed by atoms with Crippen LogP contribution >= 0.6 is 0 Å². The van der Waals surface area contributed by atoms with E-state index in [2.05, 4.69) is 58.8 Å². The monoisotopic (exact) mass is 381 g/mol. The Hall–Kier alpha value is -3.86. The lowest BCUT2D eigenvalue weighted by Gasteiger charge is -2.12. The molecule has 0 aliphatic rings. The molecule has 0 spiro atoms. The van der Waals surface area contributed by atoms with Gasteiger partial charge in [0.25, 0.3) is 0 Å². The van der Waals surface area contributed by atoms with Gasteiger partial charge in [-0.2, -0.15) is 0 Å². The Bertz CT molecular complexity index is 1330. The molecule has 5 aromatic rings. The lowest BCUT2D eigenvalue weighted by Crippen LogP contribution is -1.99. The number of nitrogens with zero attached hydrogens (tertiary/aromatic N) is 3. The first-order valence-corrected chi connectivity index (χ1v) is 9.35. The summed E-state index contributed by atoms with van der Waals surface area (Å²) in [4.78, 5) is 0. The maximum Gasteiger partial charge on any atom is 0.162 e. The van der Waals surface area contributed by atoms with Crippen LogP contribution in [0.3, 0.4) is 0 Å². The fourth-order valence-electron chi connectivity index (χ4n) is 3.78. The third-order valence-electron chi connectivity index (χ3n) is 5.15. The van der Waals surface area contributed by atoms with Gasteiger partial charge < -0.3 is 9.47 Å². The quantitative estimate of drug-likeness (QED) is 0.426. The molecular formula is C24H19N3O2. The Morgan fingerprint density at radius 3 is 2.21 bits per heavy atom. The van der Waals surface area contributed by atoms with Gasteiger partial charge in [-0.05, 0) is 34.7 Å². The molecule has 0 saturated heterocycles. The SMILES string of the molecule is COc1ccc(-n2nnc3cc(-c4ccccc4)c4ccccc4c32)cc1OC. The Balaban J connectivity index is 1.80. The fourth-order valence-corrected chi connectivity index (χ4v) is 3.78. The molecule has 0 aliphatic carbocycles. The lowest BCUT2D eigenvalue weighted by molar-refractivity contribution is 0.355. The maximum atomic E-state index is 5.46. The van der Waals surface area contributed by atoms with Crippen LogP contribution in [0.2, 0.25) is 0 Å². The molecule has 142 valence electrons. The van der Waals surface area contributed by atoms with Crippen molar-refractivity contribution in [3.8, 4) is 28.3 Å². The standard InChI is InChI=1S/C24H19N3O2/c1-28-22-13-12-17(14-23(22)29-2)27-24-19-11-7-6-10-18(19)20(15-21(24)25-26-27)16-8-4-3-5-9-16/h3-15H,1-2H3. The highest BCUT2D eigenvalue weighted by Crippen LogP contribution is 2.36. The second kappa shape index (κ2) is 6.95. The van der Waals surface area contributed by atoms with Crippen molar-refractivity contribution in [3.05, 3.63) is 78.9 Å². The topological polar surface area (TPSA) is 49.2 Å². The molecule has 0 radical (unpaired) electrons. The van der Waals surface area contributed by atoms with Crippen molar-refractivity contribution in [1.29, 1.82) is 0 Å². The minimum atomic E-state index is 0.652. The normalized spacial score (nSPS) is 11.1. The van der Waals surface area contributed by atoms with Crippen LogP contribution in [0.1, 0.15) is 0 Å². The van der Waals surface area contributed by atoms with Gasteiger partial charge in [0.15, 0.2) is 11.5 Å². The number of methoxy groups -OCH3 is 2. The van der Waals surface area contributed by atoms with E-state index in [1.165, 1.54) is 0 Å². The Kier molecular flexibility index (Phi) is 4.13. The summed E-state index contributed by atoms with van der Waals surface area (Å²) in [6.45, 7) is 0. The summed E-state index contributed by atoms with van der Waals surface area (Å²) >= 11 is 0. The van der Waals surface area contributed by atoms with E-state index in [-0.39, 0.29) is 0 Å². The minimum Gasteiger partial charge on any atom is -0.493 e. The molecule has 0 amide bonds. The van der Waals surface area contributed by atoms with E-state index in [1.54, 1.807) is 14.2 Å². The zero-order valence-corrected chi connectivity index (χ0v) is 16.2. The second-order valence-electron chi connectivity index (χ2n) is 6.74. The summed E-state index contributed by atoms with van der Waals surface area (Å²) in [5.74, 6) is 1.33. The van der Waals surface area contributed by atoms with Crippen LogP contribution < -0.4 is 9.47 Å². The van der Waals surface area contributed by atoms with Crippen molar-refractivity contribution >= 4 is 21.8 Å². The van der Waals surface area contributed by atoms with Crippen LogP contribution in [0.4, 0.5) is 0 Å². The highest BCUT2D eigenvalue weighted by molar-refractivity contribution is 6.11. The van der Waals surface area contributed by atoms with E-state index in [4.69, 9.17) is 9.47 Å². The predicted octanol–water partition coefficient (Wildman–Crippen LogP) is 5.26. The van der Waals surface area contributed by atoms with Gasteiger partial charge in [-0.25, -0.2) is 4.68 Å². The van der Waals surface area contributed by atoms with Crippen molar-refractivity contribution < 1.29 is 9.47 Å². The summed E-state index contributed by atoms with van der Waals surface area (Å²) in [7, 11) is 3.25. The van der Waals surface area contributed by atoms with Gasteiger partial charge in [-0.3, -0.25) is 0 Å². The van der Waals surface area contributed by atoms with Gasteiger partial charge in [0, 0.05) is 11.5 Å². The zero-order valence-electron chi connectivity index (χ0n) is 16.2. The van der Waals surface area contributed by atoms with Crippen molar-refractivity contribution in [2.75, 3.05) is 14.2 Å².